The Balaban J connectivity index is 1.78. The largest absolute Gasteiger partial charge is 0.391 e. The van der Waals surface area contributed by atoms with Crippen LogP contribution in [0.25, 0.3) is 0 Å². The molecule has 0 spiro atoms. The lowest BCUT2D eigenvalue weighted by molar-refractivity contribution is -0.183. The average Bonchev–Trinajstić information content (AvgIpc) is 2.64. The number of likely N-dealkylation sites (tertiary alicyclic amines) is 1. The van der Waals surface area contributed by atoms with Gasteiger partial charge in [-0.15, -0.1) is 0 Å². The van der Waals surface area contributed by atoms with Crippen LogP contribution in [0.15, 0.2) is 0 Å². The third-order valence-electron chi connectivity index (χ3n) is 4.97. The lowest BCUT2D eigenvalue weighted by Crippen LogP contribution is -2.44. The molecule has 1 heterocycles. The Morgan fingerprint density at radius 3 is 2.48 bits per heavy atom. The zero-order valence-electron chi connectivity index (χ0n) is 13.1. The van der Waals surface area contributed by atoms with Crippen molar-refractivity contribution >= 4 is 0 Å². The second-order valence-corrected chi connectivity index (χ2v) is 6.74. The summed E-state index contributed by atoms with van der Waals surface area (Å²) in [4.78, 5) is 2.49. The zero-order chi connectivity index (χ0) is 15.3. The summed E-state index contributed by atoms with van der Waals surface area (Å²) in [6.07, 6.45) is 2.71. The van der Waals surface area contributed by atoms with Crippen molar-refractivity contribution in [3.05, 3.63) is 0 Å². The Kier molecular flexibility index (Phi) is 6.35. The van der Waals surface area contributed by atoms with Crippen LogP contribution in [-0.4, -0.2) is 42.8 Å². The summed E-state index contributed by atoms with van der Waals surface area (Å²) in [5.41, 5.74) is 0. The first kappa shape index (κ1) is 17.1. The fraction of sp³-hybridized carbons (Fsp3) is 1.00. The van der Waals surface area contributed by atoms with E-state index in [1.807, 2.05) is 0 Å². The number of nitrogens with zero attached hydrogens (tertiary/aromatic N) is 1. The third kappa shape index (κ3) is 5.44. The van der Waals surface area contributed by atoms with Gasteiger partial charge in [0.25, 0.3) is 0 Å². The van der Waals surface area contributed by atoms with Crippen LogP contribution in [-0.2, 0) is 0 Å². The molecule has 3 atom stereocenters. The molecule has 1 aliphatic heterocycles. The molecule has 0 bridgehead atoms. The number of rotatable bonds is 4. The second-order valence-electron chi connectivity index (χ2n) is 6.74. The molecule has 1 saturated heterocycles. The minimum absolute atomic E-state index is 0.0631. The first-order chi connectivity index (χ1) is 9.99. The van der Waals surface area contributed by atoms with Gasteiger partial charge in [-0.25, -0.2) is 0 Å². The maximum absolute atomic E-state index is 12.9. The molecule has 2 aliphatic rings. The van der Waals surface area contributed by atoms with E-state index in [1.165, 1.54) is 6.42 Å². The van der Waals surface area contributed by atoms with Gasteiger partial charge in [0.1, 0.15) is 0 Å². The van der Waals surface area contributed by atoms with Gasteiger partial charge in [-0.2, -0.15) is 13.2 Å². The van der Waals surface area contributed by atoms with Gasteiger partial charge in [0.2, 0.25) is 0 Å². The van der Waals surface area contributed by atoms with E-state index in [2.05, 4.69) is 17.1 Å². The molecule has 0 amide bonds. The highest BCUT2D eigenvalue weighted by molar-refractivity contribution is 4.85. The summed E-state index contributed by atoms with van der Waals surface area (Å²) in [5, 5.41) is 3.54. The lowest BCUT2D eigenvalue weighted by Gasteiger charge is -2.33. The minimum Gasteiger partial charge on any atom is -0.311 e. The first-order valence-electron chi connectivity index (χ1n) is 8.54. The molecule has 1 N–H and O–H groups in total. The fourth-order valence-corrected chi connectivity index (χ4v) is 3.83. The van der Waals surface area contributed by atoms with Gasteiger partial charge in [-0.1, -0.05) is 13.3 Å². The van der Waals surface area contributed by atoms with Gasteiger partial charge < -0.3 is 10.2 Å². The molecule has 0 aromatic heterocycles. The van der Waals surface area contributed by atoms with E-state index in [0.717, 1.165) is 45.3 Å². The van der Waals surface area contributed by atoms with Crippen LogP contribution in [0.2, 0.25) is 0 Å². The van der Waals surface area contributed by atoms with Crippen LogP contribution < -0.4 is 5.32 Å². The van der Waals surface area contributed by atoms with Gasteiger partial charge in [0, 0.05) is 12.1 Å². The molecule has 0 aromatic rings. The molecule has 0 radical (unpaired) electrons. The van der Waals surface area contributed by atoms with Crippen molar-refractivity contribution in [2.75, 3.05) is 19.6 Å². The summed E-state index contributed by atoms with van der Waals surface area (Å²) < 4.78 is 38.6. The average molecular weight is 306 g/mol. The Morgan fingerprint density at radius 1 is 1.00 bits per heavy atom. The van der Waals surface area contributed by atoms with E-state index in [4.69, 9.17) is 0 Å². The maximum atomic E-state index is 12.9. The number of nitrogens with one attached hydrogen (secondary N) is 1. The Morgan fingerprint density at radius 2 is 1.76 bits per heavy atom. The third-order valence-corrected chi connectivity index (χ3v) is 4.97. The smallest absolute Gasteiger partial charge is 0.311 e. The van der Waals surface area contributed by atoms with Crippen LogP contribution in [0, 0.1) is 5.92 Å². The second kappa shape index (κ2) is 7.82. The number of hydrogen-bond donors (Lipinski definition) is 1. The highest BCUT2D eigenvalue weighted by Gasteiger charge is 2.42. The van der Waals surface area contributed by atoms with E-state index in [9.17, 15) is 13.2 Å². The van der Waals surface area contributed by atoms with Crippen LogP contribution in [0.5, 0.6) is 0 Å². The summed E-state index contributed by atoms with van der Waals surface area (Å²) in [5.74, 6) is -1.09. The van der Waals surface area contributed by atoms with Crippen molar-refractivity contribution < 1.29 is 13.2 Å². The molecule has 2 fully saturated rings. The monoisotopic (exact) mass is 306 g/mol. The predicted molar refractivity (Wildman–Crippen MR) is 79.3 cm³/mol. The molecule has 2 nitrogen and oxygen atoms in total. The lowest BCUT2D eigenvalue weighted by atomic mass is 9.84. The molecule has 5 heteroatoms. The SMILES string of the molecule is CCCN1CCCC(NC2CCCC(C(F)(F)F)C2)CC1. The summed E-state index contributed by atoms with van der Waals surface area (Å²) in [7, 11) is 0. The van der Waals surface area contributed by atoms with E-state index in [1.54, 1.807) is 0 Å². The Bertz CT molecular complexity index is 306. The van der Waals surface area contributed by atoms with Gasteiger partial charge in [-0.3, -0.25) is 0 Å². The van der Waals surface area contributed by atoms with Crippen molar-refractivity contribution in [2.24, 2.45) is 5.92 Å². The van der Waals surface area contributed by atoms with Crippen molar-refractivity contribution in [3.8, 4) is 0 Å². The van der Waals surface area contributed by atoms with Crippen molar-refractivity contribution in [1.29, 1.82) is 0 Å². The number of alkyl halides is 3. The summed E-state index contributed by atoms with van der Waals surface area (Å²) in [6, 6.07) is 0.469. The number of halogens is 3. The van der Waals surface area contributed by atoms with Crippen LogP contribution in [0.4, 0.5) is 13.2 Å². The van der Waals surface area contributed by atoms with Crippen LogP contribution in [0.3, 0.4) is 0 Å². The molecule has 3 unspecified atom stereocenters. The van der Waals surface area contributed by atoms with Gasteiger partial charge in [0.05, 0.1) is 5.92 Å². The van der Waals surface area contributed by atoms with Crippen molar-refractivity contribution in [1.82, 2.24) is 10.2 Å². The zero-order valence-corrected chi connectivity index (χ0v) is 13.1. The normalized spacial score (nSPS) is 32.9. The molecule has 1 aliphatic carbocycles. The molecule has 2 rings (SSSR count). The topological polar surface area (TPSA) is 15.3 Å². The highest BCUT2D eigenvalue weighted by atomic mass is 19.4. The first-order valence-corrected chi connectivity index (χ1v) is 8.54. The van der Waals surface area contributed by atoms with Crippen molar-refractivity contribution in [3.63, 3.8) is 0 Å². The van der Waals surface area contributed by atoms with Crippen LogP contribution >= 0.6 is 0 Å². The summed E-state index contributed by atoms with van der Waals surface area (Å²) in [6.45, 7) is 5.56. The van der Waals surface area contributed by atoms with E-state index in [0.29, 0.717) is 18.9 Å². The van der Waals surface area contributed by atoms with Gasteiger partial charge >= 0.3 is 6.18 Å². The number of hydrogen-bond acceptors (Lipinski definition) is 2. The molecule has 21 heavy (non-hydrogen) atoms. The Hall–Kier alpha value is -0.290. The standard InChI is InChI=1S/C16H29F3N2/c1-2-9-21-10-4-7-14(8-11-21)20-15-6-3-5-13(12-15)16(17,18)19/h13-15,20H,2-12H2,1H3. The van der Waals surface area contributed by atoms with E-state index >= 15 is 0 Å². The fourth-order valence-electron chi connectivity index (χ4n) is 3.83. The van der Waals surface area contributed by atoms with E-state index < -0.39 is 12.1 Å². The quantitative estimate of drug-likeness (QED) is 0.845. The molecule has 0 aromatic carbocycles. The summed E-state index contributed by atoms with van der Waals surface area (Å²) >= 11 is 0. The maximum Gasteiger partial charge on any atom is 0.391 e. The minimum atomic E-state index is -4.01. The highest BCUT2D eigenvalue weighted by Crippen LogP contribution is 2.37. The molecule has 1 saturated carbocycles. The Labute approximate surface area is 126 Å². The van der Waals surface area contributed by atoms with Gasteiger partial charge in [0.15, 0.2) is 0 Å². The molecule has 124 valence electrons. The van der Waals surface area contributed by atoms with Gasteiger partial charge in [-0.05, 0) is 64.6 Å². The molecular weight excluding hydrogens is 277 g/mol. The molecular formula is C16H29F3N2. The van der Waals surface area contributed by atoms with Crippen LogP contribution in [0.1, 0.15) is 58.3 Å². The predicted octanol–water partition coefficient (Wildman–Crippen LogP) is 3.96. The van der Waals surface area contributed by atoms with E-state index in [-0.39, 0.29) is 12.5 Å². The van der Waals surface area contributed by atoms with Crippen molar-refractivity contribution in [2.45, 2.75) is 76.6 Å².